The molecule has 0 aromatic heterocycles. The summed E-state index contributed by atoms with van der Waals surface area (Å²) in [6.45, 7) is 0. The SMILES string of the molecule is NC(Cc1ccc(C2CCSCC2)c(Br)c1)C(=O)O. The van der Waals surface area contributed by atoms with Gasteiger partial charge in [0, 0.05) is 4.47 Å². The Hall–Kier alpha value is -0.520. The first-order valence-corrected chi connectivity index (χ1v) is 8.37. The van der Waals surface area contributed by atoms with Crippen molar-refractivity contribution in [2.24, 2.45) is 5.73 Å². The summed E-state index contributed by atoms with van der Waals surface area (Å²) < 4.78 is 1.08. The van der Waals surface area contributed by atoms with Crippen molar-refractivity contribution in [1.82, 2.24) is 0 Å². The molecule has 0 aliphatic carbocycles. The van der Waals surface area contributed by atoms with Crippen LogP contribution in [0, 0.1) is 0 Å². The molecule has 1 unspecified atom stereocenters. The number of benzene rings is 1. The predicted molar refractivity (Wildman–Crippen MR) is 82.8 cm³/mol. The van der Waals surface area contributed by atoms with Gasteiger partial charge in [-0.3, -0.25) is 4.79 Å². The van der Waals surface area contributed by atoms with Crippen LogP contribution in [-0.2, 0) is 11.2 Å². The molecule has 0 amide bonds. The summed E-state index contributed by atoms with van der Waals surface area (Å²) in [5, 5.41) is 8.83. The first-order chi connectivity index (χ1) is 9.08. The molecular formula is C14H18BrNO2S. The Morgan fingerprint density at radius 3 is 2.74 bits per heavy atom. The Kier molecular flexibility index (Phi) is 5.30. The third kappa shape index (κ3) is 3.97. The number of carboxylic acid groups (broad SMARTS) is 1. The van der Waals surface area contributed by atoms with E-state index in [-0.39, 0.29) is 0 Å². The van der Waals surface area contributed by atoms with E-state index in [2.05, 4.69) is 22.0 Å². The molecule has 1 fully saturated rings. The van der Waals surface area contributed by atoms with E-state index in [9.17, 15) is 4.79 Å². The van der Waals surface area contributed by atoms with E-state index in [4.69, 9.17) is 10.8 Å². The molecule has 19 heavy (non-hydrogen) atoms. The Labute approximate surface area is 126 Å². The van der Waals surface area contributed by atoms with Gasteiger partial charge in [-0.05, 0) is 53.9 Å². The van der Waals surface area contributed by atoms with Crippen LogP contribution in [0.4, 0.5) is 0 Å². The fraction of sp³-hybridized carbons (Fsp3) is 0.500. The minimum absolute atomic E-state index is 0.370. The standard InChI is InChI=1S/C14H18BrNO2S/c15-12-7-9(8-13(16)14(17)18)1-2-11(12)10-3-5-19-6-4-10/h1-2,7,10,13H,3-6,8,16H2,(H,17,18). The predicted octanol–water partition coefficient (Wildman–Crippen LogP) is 3.01. The topological polar surface area (TPSA) is 63.3 Å². The molecule has 0 saturated carbocycles. The lowest BCUT2D eigenvalue weighted by molar-refractivity contribution is -0.138. The summed E-state index contributed by atoms with van der Waals surface area (Å²) in [4.78, 5) is 10.8. The second-order valence-electron chi connectivity index (χ2n) is 4.89. The molecule has 1 aromatic carbocycles. The smallest absolute Gasteiger partial charge is 0.320 e. The molecular weight excluding hydrogens is 326 g/mol. The van der Waals surface area contributed by atoms with Crippen LogP contribution in [0.1, 0.15) is 29.9 Å². The van der Waals surface area contributed by atoms with E-state index in [1.807, 2.05) is 23.9 Å². The molecule has 0 spiro atoms. The fourth-order valence-electron chi connectivity index (χ4n) is 2.38. The van der Waals surface area contributed by atoms with Crippen LogP contribution in [0.15, 0.2) is 22.7 Å². The van der Waals surface area contributed by atoms with Crippen molar-refractivity contribution in [3.05, 3.63) is 33.8 Å². The van der Waals surface area contributed by atoms with Crippen molar-refractivity contribution in [1.29, 1.82) is 0 Å². The van der Waals surface area contributed by atoms with Crippen molar-refractivity contribution in [3.8, 4) is 0 Å². The van der Waals surface area contributed by atoms with Crippen molar-refractivity contribution in [2.45, 2.75) is 31.2 Å². The second kappa shape index (κ2) is 6.77. The van der Waals surface area contributed by atoms with Crippen molar-refractivity contribution >= 4 is 33.7 Å². The van der Waals surface area contributed by atoms with Crippen molar-refractivity contribution in [3.63, 3.8) is 0 Å². The highest BCUT2D eigenvalue weighted by Gasteiger charge is 2.19. The zero-order valence-electron chi connectivity index (χ0n) is 10.6. The summed E-state index contributed by atoms with van der Waals surface area (Å²) in [5.41, 5.74) is 7.87. The summed E-state index contributed by atoms with van der Waals surface area (Å²) >= 11 is 5.63. The first kappa shape index (κ1) is 14.9. The molecule has 1 aliphatic rings. The van der Waals surface area contributed by atoms with Crippen LogP contribution in [0.2, 0.25) is 0 Å². The lowest BCUT2D eigenvalue weighted by Crippen LogP contribution is -2.32. The van der Waals surface area contributed by atoms with Gasteiger partial charge in [0.2, 0.25) is 0 Å². The lowest BCUT2D eigenvalue weighted by atomic mass is 9.92. The molecule has 104 valence electrons. The van der Waals surface area contributed by atoms with Gasteiger partial charge in [0.15, 0.2) is 0 Å². The summed E-state index contributed by atoms with van der Waals surface area (Å²) in [7, 11) is 0. The third-order valence-corrected chi connectivity index (χ3v) is 5.23. The van der Waals surface area contributed by atoms with E-state index in [1.165, 1.54) is 29.9 Å². The van der Waals surface area contributed by atoms with E-state index in [1.54, 1.807) is 0 Å². The molecule has 1 aromatic rings. The molecule has 1 atom stereocenters. The number of thioether (sulfide) groups is 1. The van der Waals surface area contributed by atoms with Crippen LogP contribution < -0.4 is 5.73 Å². The Balaban J connectivity index is 2.10. The number of carboxylic acids is 1. The first-order valence-electron chi connectivity index (χ1n) is 6.42. The number of hydrogen-bond acceptors (Lipinski definition) is 3. The van der Waals surface area contributed by atoms with Gasteiger partial charge in [-0.25, -0.2) is 0 Å². The highest BCUT2D eigenvalue weighted by atomic mass is 79.9. The van der Waals surface area contributed by atoms with Crippen LogP contribution in [0.5, 0.6) is 0 Å². The molecule has 1 aliphatic heterocycles. The molecule has 3 nitrogen and oxygen atoms in total. The number of hydrogen-bond donors (Lipinski definition) is 2. The van der Waals surface area contributed by atoms with Crippen LogP contribution >= 0.6 is 27.7 Å². The third-order valence-electron chi connectivity index (χ3n) is 3.50. The Morgan fingerprint density at radius 1 is 1.47 bits per heavy atom. The number of aliphatic carboxylic acids is 1. The number of carbonyl (C=O) groups is 1. The summed E-state index contributed by atoms with van der Waals surface area (Å²) in [6.07, 6.45) is 2.81. The van der Waals surface area contributed by atoms with Gasteiger partial charge in [0.1, 0.15) is 6.04 Å². The molecule has 1 saturated heterocycles. The molecule has 0 radical (unpaired) electrons. The maximum atomic E-state index is 10.8. The molecule has 1 heterocycles. The minimum atomic E-state index is -0.954. The maximum Gasteiger partial charge on any atom is 0.320 e. The molecule has 0 bridgehead atoms. The van der Waals surface area contributed by atoms with Gasteiger partial charge >= 0.3 is 5.97 Å². The number of nitrogens with two attached hydrogens (primary N) is 1. The van der Waals surface area contributed by atoms with Crippen LogP contribution in [0.25, 0.3) is 0 Å². The van der Waals surface area contributed by atoms with E-state index in [0.717, 1.165) is 10.0 Å². The Morgan fingerprint density at radius 2 is 2.16 bits per heavy atom. The van der Waals surface area contributed by atoms with Crippen molar-refractivity contribution < 1.29 is 9.90 Å². The zero-order chi connectivity index (χ0) is 13.8. The van der Waals surface area contributed by atoms with E-state index in [0.29, 0.717) is 12.3 Å². The lowest BCUT2D eigenvalue weighted by Gasteiger charge is -2.23. The van der Waals surface area contributed by atoms with E-state index >= 15 is 0 Å². The minimum Gasteiger partial charge on any atom is -0.480 e. The van der Waals surface area contributed by atoms with Gasteiger partial charge in [-0.2, -0.15) is 11.8 Å². The summed E-state index contributed by atoms with van der Waals surface area (Å²) in [6, 6.07) is 5.31. The highest BCUT2D eigenvalue weighted by molar-refractivity contribution is 9.10. The molecule has 2 rings (SSSR count). The van der Waals surface area contributed by atoms with Gasteiger partial charge < -0.3 is 10.8 Å². The monoisotopic (exact) mass is 343 g/mol. The quantitative estimate of drug-likeness (QED) is 0.881. The second-order valence-corrected chi connectivity index (χ2v) is 6.97. The maximum absolute atomic E-state index is 10.8. The number of halogens is 1. The fourth-order valence-corrected chi connectivity index (χ4v) is 4.23. The van der Waals surface area contributed by atoms with Crippen LogP contribution in [0.3, 0.4) is 0 Å². The van der Waals surface area contributed by atoms with Gasteiger partial charge in [-0.15, -0.1) is 0 Å². The number of rotatable bonds is 4. The normalized spacial score (nSPS) is 18.2. The molecule has 5 heteroatoms. The largest absolute Gasteiger partial charge is 0.480 e. The average molecular weight is 344 g/mol. The van der Waals surface area contributed by atoms with Crippen LogP contribution in [-0.4, -0.2) is 28.6 Å². The van der Waals surface area contributed by atoms with Gasteiger partial charge in [0.05, 0.1) is 0 Å². The zero-order valence-corrected chi connectivity index (χ0v) is 13.0. The average Bonchev–Trinajstić information content (AvgIpc) is 2.39. The highest BCUT2D eigenvalue weighted by Crippen LogP contribution is 2.35. The van der Waals surface area contributed by atoms with E-state index < -0.39 is 12.0 Å². The van der Waals surface area contributed by atoms with Crippen molar-refractivity contribution in [2.75, 3.05) is 11.5 Å². The molecule has 3 N–H and O–H groups in total. The van der Waals surface area contributed by atoms with Gasteiger partial charge in [0.25, 0.3) is 0 Å². The summed E-state index contributed by atoms with van der Waals surface area (Å²) in [5.74, 6) is 2.12. The Bertz CT molecular complexity index is 461. The van der Waals surface area contributed by atoms with Gasteiger partial charge in [-0.1, -0.05) is 28.1 Å².